The second kappa shape index (κ2) is 6.02. The fourth-order valence-electron chi connectivity index (χ4n) is 1.79. The van der Waals surface area contributed by atoms with Crippen molar-refractivity contribution >= 4 is 21.7 Å². The third kappa shape index (κ3) is 3.24. The molecule has 0 saturated heterocycles. The van der Waals surface area contributed by atoms with Gasteiger partial charge in [0.05, 0.1) is 11.1 Å². The molecule has 0 heterocycles. The Morgan fingerprint density at radius 2 is 1.74 bits per heavy atom. The molecule has 0 spiro atoms. The highest BCUT2D eigenvalue weighted by molar-refractivity contribution is 9.10. The Balaban J connectivity index is 2.29. The molecule has 0 fully saturated rings. The second-order valence-corrected chi connectivity index (χ2v) is 5.13. The van der Waals surface area contributed by atoms with Gasteiger partial charge in [-0.1, -0.05) is 29.8 Å². The van der Waals surface area contributed by atoms with Crippen molar-refractivity contribution < 1.29 is 9.53 Å². The maximum atomic E-state index is 12.3. The summed E-state index contributed by atoms with van der Waals surface area (Å²) in [6.45, 7) is 4.53. The number of hydrogen-bond acceptors (Lipinski definition) is 2. The number of ether oxygens (including phenoxy) is 1. The van der Waals surface area contributed by atoms with Gasteiger partial charge in [-0.15, -0.1) is 0 Å². The van der Waals surface area contributed by atoms with E-state index in [9.17, 15) is 4.79 Å². The number of hydrogen-bond donors (Lipinski definition) is 0. The van der Waals surface area contributed by atoms with Crippen LogP contribution in [0.1, 0.15) is 28.4 Å². The molecule has 0 N–H and O–H groups in total. The second-order valence-electron chi connectivity index (χ2n) is 4.27. The monoisotopic (exact) mass is 318 g/mol. The Morgan fingerprint density at radius 1 is 1.11 bits per heavy atom. The smallest absolute Gasteiger partial charge is 0.193 e. The zero-order valence-corrected chi connectivity index (χ0v) is 12.5. The van der Waals surface area contributed by atoms with Crippen LogP contribution in [0.5, 0.6) is 5.75 Å². The molecule has 3 heteroatoms. The number of ketones is 1. The SMILES string of the molecule is CCOc1ccc(C(=O)c2ccc(C)cc2)cc1Br. The largest absolute Gasteiger partial charge is 0.493 e. The maximum absolute atomic E-state index is 12.3. The van der Waals surface area contributed by atoms with E-state index in [1.165, 1.54) is 0 Å². The van der Waals surface area contributed by atoms with Crippen molar-refractivity contribution in [2.24, 2.45) is 0 Å². The van der Waals surface area contributed by atoms with E-state index in [4.69, 9.17) is 4.74 Å². The molecular formula is C16H15BrO2. The fourth-order valence-corrected chi connectivity index (χ4v) is 2.28. The van der Waals surface area contributed by atoms with E-state index in [0.29, 0.717) is 17.7 Å². The Labute approximate surface area is 121 Å². The molecule has 0 aliphatic rings. The topological polar surface area (TPSA) is 26.3 Å². The molecule has 98 valence electrons. The summed E-state index contributed by atoms with van der Waals surface area (Å²) in [5, 5.41) is 0. The van der Waals surface area contributed by atoms with Gasteiger partial charge in [0.15, 0.2) is 5.78 Å². The highest BCUT2D eigenvalue weighted by Crippen LogP contribution is 2.27. The molecule has 0 aliphatic carbocycles. The van der Waals surface area contributed by atoms with Crippen LogP contribution in [0.4, 0.5) is 0 Å². The van der Waals surface area contributed by atoms with Gasteiger partial charge in [0.25, 0.3) is 0 Å². The molecule has 0 unspecified atom stereocenters. The van der Waals surface area contributed by atoms with Crippen molar-refractivity contribution in [3.05, 3.63) is 63.6 Å². The summed E-state index contributed by atoms with van der Waals surface area (Å²) in [4.78, 5) is 12.3. The summed E-state index contributed by atoms with van der Waals surface area (Å²) in [6, 6.07) is 13.0. The minimum absolute atomic E-state index is 0.0174. The van der Waals surface area contributed by atoms with Gasteiger partial charge in [-0.05, 0) is 48.0 Å². The molecule has 0 radical (unpaired) electrons. The molecule has 0 aliphatic heterocycles. The Kier molecular flexibility index (Phi) is 4.38. The van der Waals surface area contributed by atoms with E-state index in [0.717, 1.165) is 15.8 Å². The van der Waals surface area contributed by atoms with Crippen molar-refractivity contribution in [3.8, 4) is 5.75 Å². The van der Waals surface area contributed by atoms with Gasteiger partial charge >= 0.3 is 0 Å². The number of benzene rings is 2. The quantitative estimate of drug-likeness (QED) is 0.782. The van der Waals surface area contributed by atoms with Gasteiger partial charge in [0, 0.05) is 11.1 Å². The average molecular weight is 319 g/mol. The minimum Gasteiger partial charge on any atom is -0.493 e. The lowest BCUT2D eigenvalue weighted by atomic mass is 10.0. The van der Waals surface area contributed by atoms with Gasteiger partial charge in [-0.3, -0.25) is 4.79 Å². The van der Waals surface area contributed by atoms with E-state index >= 15 is 0 Å². The highest BCUT2D eigenvalue weighted by atomic mass is 79.9. The lowest BCUT2D eigenvalue weighted by molar-refractivity contribution is 0.103. The molecule has 2 aromatic rings. The van der Waals surface area contributed by atoms with Crippen molar-refractivity contribution in [2.75, 3.05) is 6.61 Å². The van der Waals surface area contributed by atoms with Crippen molar-refractivity contribution in [2.45, 2.75) is 13.8 Å². The Morgan fingerprint density at radius 3 is 2.32 bits per heavy atom. The van der Waals surface area contributed by atoms with Crippen LogP contribution in [0.15, 0.2) is 46.9 Å². The third-order valence-electron chi connectivity index (χ3n) is 2.81. The van der Waals surface area contributed by atoms with Crippen LogP contribution in [-0.2, 0) is 0 Å². The zero-order chi connectivity index (χ0) is 13.8. The van der Waals surface area contributed by atoms with Crippen LogP contribution in [0.3, 0.4) is 0 Å². The first-order valence-corrected chi connectivity index (χ1v) is 6.95. The van der Waals surface area contributed by atoms with Crippen LogP contribution in [0.2, 0.25) is 0 Å². The van der Waals surface area contributed by atoms with Crippen molar-refractivity contribution in [1.82, 2.24) is 0 Å². The fraction of sp³-hybridized carbons (Fsp3) is 0.188. The first-order chi connectivity index (χ1) is 9.11. The van der Waals surface area contributed by atoms with E-state index in [1.807, 2.05) is 44.2 Å². The summed E-state index contributed by atoms with van der Waals surface area (Å²) in [5.74, 6) is 0.770. The van der Waals surface area contributed by atoms with Crippen LogP contribution < -0.4 is 4.74 Å². The van der Waals surface area contributed by atoms with E-state index in [1.54, 1.807) is 12.1 Å². The van der Waals surface area contributed by atoms with E-state index < -0.39 is 0 Å². The number of aryl methyl sites for hydroxylation is 1. The highest BCUT2D eigenvalue weighted by Gasteiger charge is 2.11. The molecule has 0 saturated carbocycles. The number of rotatable bonds is 4. The molecule has 0 amide bonds. The predicted molar refractivity (Wildman–Crippen MR) is 79.9 cm³/mol. The number of carbonyl (C=O) groups excluding carboxylic acids is 1. The zero-order valence-electron chi connectivity index (χ0n) is 10.9. The summed E-state index contributed by atoms with van der Waals surface area (Å²) in [5.41, 5.74) is 2.49. The minimum atomic E-state index is 0.0174. The predicted octanol–water partition coefficient (Wildman–Crippen LogP) is 4.39. The van der Waals surface area contributed by atoms with Gasteiger partial charge < -0.3 is 4.74 Å². The Bertz CT molecular complexity index is 588. The molecule has 0 bridgehead atoms. The van der Waals surface area contributed by atoms with Crippen LogP contribution >= 0.6 is 15.9 Å². The lowest BCUT2D eigenvalue weighted by Gasteiger charge is -2.07. The molecule has 2 aromatic carbocycles. The van der Waals surface area contributed by atoms with Crippen molar-refractivity contribution in [3.63, 3.8) is 0 Å². The van der Waals surface area contributed by atoms with E-state index in [2.05, 4.69) is 15.9 Å². The van der Waals surface area contributed by atoms with Gasteiger partial charge in [-0.2, -0.15) is 0 Å². The lowest BCUT2D eigenvalue weighted by Crippen LogP contribution is -2.02. The van der Waals surface area contributed by atoms with Gasteiger partial charge in [0.1, 0.15) is 5.75 Å². The summed E-state index contributed by atoms with van der Waals surface area (Å²) in [6.07, 6.45) is 0. The first-order valence-electron chi connectivity index (χ1n) is 6.15. The average Bonchev–Trinajstić information content (AvgIpc) is 2.41. The summed E-state index contributed by atoms with van der Waals surface area (Å²) < 4.78 is 6.23. The molecule has 0 atom stereocenters. The van der Waals surface area contributed by atoms with Crippen LogP contribution in [0.25, 0.3) is 0 Å². The molecule has 2 nitrogen and oxygen atoms in total. The van der Waals surface area contributed by atoms with Crippen molar-refractivity contribution in [1.29, 1.82) is 0 Å². The van der Waals surface area contributed by atoms with Gasteiger partial charge in [-0.25, -0.2) is 0 Å². The third-order valence-corrected chi connectivity index (χ3v) is 3.43. The van der Waals surface area contributed by atoms with Gasteiger partial charge in [0.2, 0.25) is 0 Å². The molecule has 19 heavy (non-hydrogen) atoms. The van der Waals surface area contributed by atoms with Crippen LogP contribution in [-0.4, -0.2) is 12.4 Å². The molecule has 0 aromatic heterocycles. The first kappa shape index (κ1) is 13.8. The summed E-state index contributed by atoms with van der Waals surface area (Å²) in [7, 11) is 0. The Hall–Kier alpha value is -1.61. The standard InChI is InChI=1S/C16H15BrO2/c1-3-19-15-9-8-13(10-14(15)17)16(18)12-6-4-11(2)5-7-12/h4-10H,3H2,1-2H3. The van der Waals surface area contributed by atoms with E-state index in [-0.39, 0.29) is 5.78 Å². The number of carbonyl (C=O) groups is 1. The maximum Gasteiger partial charge on any atom is 0.193 e. The normalized spacial score (nSPS) is 10.3. The molecular weight excluding hydrogens is 304 g/mol. The summed E-state index contributed by atoms with van der Waals surface area (Å²) >= 11 is 3.42. The number of halogens is 1. The molecule has 2 rings (SSSR count). The van der Waals surface area contributed by atoms with Crippen LogP contribution in [0, 0.1) is 6.92 Å².